The minimum Gasteiger partial charge on any atom is -0.497 e. The number of nitrogens with zero attached hydrogens (tertiary/aromatic N) is 4. The van der Waals surface area contributed by atoms with E-state index in [1.807, 2.05) is 140 Å². The van der Waals surface area contributed by atoms with Gasteiger partial charge in [0.15, 0.2) is 17.1 Å². The Bertz CT molecular complexity index is 3810. The average molecular weight is 1080 g/mol. The zero-order valence-corrected chi connectivity index (χ0v) is 45.7. The van der Waals surface area contributed by atoms with Crippen molar-refractivity contribution in [2.24, 2.45) is 5.92 Å². The van der Waals surface area contributed by atoms with Crippen molar-refractivity contribution >= 4 is 65.3 Å². The van der Waals surface area contributed by atoms with Gasteiger partial charge in [-0.2, -0.15) is 0 Å². The summed E-state index contributed by atoms with van der Waals surface area (Å²) in [5.74, 6) is 0.999. The molecule has 0 aliphatic carbocycles. The van der Waals surface area contributed by atoms with Crippen LogP contribution in [0.4, 0.5) is 28.4 Å². The highest BCUT2D eigenvalue weighted by atomic mass is 28.3. The van der Waals surface area contributed by atoms with Crippen LogP contribution >= 0.6 is 0 Å². The summed E-state index contributed by atoms with van der Waals surface area (Å²) in [6.45, 7) is 6.85. The molecule has 8 aromatic rings. The molecule has 0 radical (unpaired) electrons. The highest BCUT2D eigenvalue weighted by Crippen LogP contribution is 2.61. The first-order valence-corrected chi connectivity index (χ1v) is 30.2. The van der Waals surface area contributed by atoms with Crippen LogP contribution in [0.25, 0.3) is 0 Å². The van der Waals surface area contributed by atoms with Gasteiger partial charge in [0.25, 0.3) is 17.7 Å². The van der Waals surface area contributed by atoms with Gasteiger partial charge in [-0.15, -0.1) is 0 Å². The van der Waals surface area contributed by atoms with Crippen LogP contribution in [0.5, 0.6) is 28.7 Å². The molecule has 0 unspecified atom stereocenters. The molecule has 1 saturated heterocycles. The van der Waals surface area contributed by atoms with E-state index in [1.165, 1.54) is 0 Å². The van der Waals surface area contributed by atoms with E-state index in [4.69, 9.17) is 18.9 Å². The smallest absolute Gasteiger partial charge is 0.266 e. The summed E-state index contributed by atoms with van der Waals surface area (Å²) in [4.78, 5) is 68.3. The van der Waals surface area contributed by atoms with Crippen LogP contribution in [0, 0.1) is 5.92 Å². The second kappa shape index (κ2) is 19.8. The molecule has 5 heterocycles. The standard InChI is InChI=1S/C66H58N4O9Si/c1-41-62(80(3,4)49-31-29-48(76-2)30-32-49)60(37-61(72)67-39-44-18-6-5-17-43(44)35-47(67)40-71)79-66(41)52-36-46(70-55-23-10-14-27-59(55)78-57-25-12-8-21-51(57)64(70)74)28-33-53(52)68(65(66)75)38-42-16-15-19-45(34-42)69-54-22-9-13-26-58(54)77-56-24-11-7-20-50(56)63(69)73/h5-34,36,41,47,60,62,71H,35,37-40H2,1-4H3/t41-,47-,60+,62-,66+/m0/s1. The predicted octanol–water partition coefficient (Wildman–Crippen LogP) is 12.0. The molecule has 14 heteroatoms. The highest BCUT2D eigenvalue weighted by Gasteiger charge is 2.67. The van der Waals surface area contributed by atoms with Crippen molar-refractivity contribution in [3.8, 4) is 28.7 Å². The lowest BCUT2D eigenvalue weighted by Gasteiger charge is -2.39. The SMILES string of the molecule is COc1ccc([Si](C)(C)[C@@H]2[C@@H](CC(=O)N3Cc4ccccc4C[C@H]3CO)O[C@]3(C(=O)N(Cc4cccc(N5C(=O)c6ccccc6Oc6ccccc65)c4)c4ccc(N5C(=O)c6ccccc6Oc6ccccc65)cc43)[C@H]2C)cc1. The van der Waals surface area contributed by atoms with Gasteiger partial charge in [0.2, 0.25) is 5.91 Å². The van der Waals surface area contributed by atoms with E-state index in [-0.39, 0.29) is 48.7 Å². The third kappa shape index (κ3) is 8.19. The minimum atomic E-state index is -2.79. The average Bonchev–Trinajstić information content (AvgIpc) is 3.92. The van der Waals surface area contributed by atoms with Crippen LogP contribution in [-0.2, 0) is 39.4 Å². The van der Waals surface area contributed by atoms with E-state index in [9.17, 15) is 9.90 Å². The number of anilines is 5. The predicted molar refractivity (Wildman–Crippen MR) is 309 cm³/mol. The van der Waals surface area contributed by atoms with Crippen LogP contribution in [0.2, 0.25) is 18.6 Å². The van der Waals surface area contributed by atoms with Crippen molar-refractivity contribution in [1.29, 1.82) is 0 Å². The van der Waals surface area contributed by atoms with Gasteiger partial charge in [-0.1, -0.05) is 122 Å². The highest BCUT2D eigenvalue weighted by molar-refractivity contribution is 6.91. The number of rotatable bonds is 10. The van der Waals surface area contributed by atoms with Crippen molar-refractivity contribution < 1.29 is 43.2 Å². The number of carbonyl (C=O) groups excluding carboxylic acids is 4. The first kappa shape index (κ1) is 50.7. The van der Waals surface area contributed by atoms with Gasteiger partial charge in [-0.25, -0.2) is 0 Å². The molecule has 1 N–H and O–H groups in total. The van der Waals surface area contributed by atoms with Crippen LogP contribution in [0.15, 0.2) is 188 Å². The number of ether oxygens (including phenoxy) is 4. The first-order valence-electron chi connectivity index (χ1n) is 27.1. The van der Waals surface area contributed by atoms with Gasteiger partial charge in [-0.05, 0) is 120 Å². The van der Waals surface area contributed by atoms with Gasteiger partial charge < -0.3 is 33.9 Å². The van der Waals surface area contributed by atoms with E-state index in [2.05, 4.69) is 38.2 Å². The molecule has 1 spiro atoms. The molecule has 5 atom stereocenters. The molecule has 5 aliphatic rings. The van der Waals surface area contributed by atoms with E-state index in [0.717, 1.165) is 21.9 Å². The Hall–Kier alpha value is -8.82. The van der Waals surface area contributed by atoms with Crippen LogP contribution in [-0.4, -0.2) is 67.6 Å². The third-order valence-corrected chi connectivity index (χ3v) is 21.5. The molecular weight excluding hydrogens is 1020 g/mol. The largest absolute Gasteiger partial charge is 0.497 e. The molecule has 0 bridgehead atoms. The van der Waals surface area contributed by atoms with Crippen LogP contribution in [0.1, 0.15) is 56.3 Å². The van der Waals surface area contributed by atoms with Crippen molar-refractivity contribution in [1.82, 2.24) is 4.90 Å². The van der Waals surface area contributed by atoms with Crippen molar-refractivity contribution in [3.63, 3.8) is 0 Å². The molecule has 8 aromatic carbocycles. The maximum absolute atomic E-state index is 16.5. The topological polar surface area (TPSA) is 138 Å². The van der Waals surface area contributed by atoms with Gasteiger partial charge in [0.1, 0.15) is 17.2 Å². The van der Waals surface area contributed by atoms with Gasteiger partial charge >= 0.3 is 0 Å². The molecule has 0 saturated carbocycles. The van der Waals surface area contributed by atoms with Gasteiger partial charge in [0.05, 0.1) is 75.1 Å². The van der Waals surface area contributed by atoms with E-state index in [1.54, 1.807) is 57.0 Å². The van der Waals surface area contributed by atoms with E-state index >= 15 is 14.4 Å². The number of methoxy groups -OCH3 is 1. The van der Waals surface area contributed by atoms with Crippen LogP contribution in [0.3, 0.4) is 0 Å². The molecule has 13 nitrogen and oxygen atoms in total. The lowest BCUT2D eigenvalue weighted by atomic mass is 9.82. The lowest BCUT2D eigenvalue weighted by Crippen LogP contribution is -2.52. The Balaban J connectivity index is 0.954. The number of aliphatic hydroxyl groups is 1. The lowest BCUT2D eigenvalue weighted by molar-refractivity contribution is -0.151. The zero-order chi connectivity index (χ0) is 55.0. The Morgan fingerprint density at radius 2 is 1.23 bits per heavy atom. The molecule has 13 rings (SSSR count). The quantitative estimate of drug-likeness (QED) is 0.133. The molecule has 80 heavy (non-hydrogen) atoms. The second-order valence-electron chi connectivity index (χ2n) is 21.9. The maximum Gasteiger partial charge on any atom is 0.266 e. The number of hydrogen-bond acceptors (Lipinski definition) is 9. The summed E-state index contributed by atoms with van der Waals surface area (Å²) in [7, 11) is -1.15. The number of benzene rings is 8. The number of aliphatic hydroxyl groups excluding tert-OH is 1. The van der Waals surface area contributed by atoms with E-state index in [0.29, 0.717) is 86.8 Å². The summed E-state index contributed by atoms with van der Waals surface area (Å²) < 4.78 is 26.0. The number of para-hydroxylation sites is 6. The van der Waals surface area contributed by atoms with Gasteiger partial charge in [0, 0.05) is 29.4 Å². The molecule has 4 amide bonds. The number of fused-ring (bicyclic) bond motifs is 7. The summed E-state index contributed by atoms with van der Waals surface area (Å²) in [6, 6.07) is 58.2. The van der Waals surface area contributed by atoms with Crippen LogP contribution < -0.4 is 34.1 Å². The summed E-state index contributed by atoms with van der Waals surface area (Å²) in [5.41, 5.74) is 4.97. The molecule has 0 aromatic heterocycles. The number of carbonyl (C=O) groups is 4. The zero-order valence-electron chi connectivity index (χ0n) is 44.7. The Morgan fingerprint density at radius 1 is 0.650 bits per heavy atom. The summed E-state index contributed by atoms with van der Waals surface area (Å²) >= 11 is 0. The normalized spacial score (nSPS) is 20.8. The molecule has 400 valence electrons. The fourth-order valence-electron chi connectivity index (χ4n) is 13.2. The van der Waals surface area contributed by atoms with Crippen molar-refractivity contribution in [2.45, 2.75) is 69.2 Å². The molecule has 1 fully saturated rings. The summed E-state index contributed by atoms with van der Waals surface area (Å²) in [6.07, 6.45) is -0.296. The van der Waals surface area contributed by atoms with Gasteiger partial charge in [-0.3, -0.25) is 29.0 Å². The monoisotopic (exact) mass is 1080 g/mol. The third-order valence-electron chi connectivity index (χ3n) is 17.1. The maximum atomic E-state index is 16.5. The Labute approximate surface area is 465 Å². The van der Waals surface area contributed by atoms with E-state index < -0.39 is 31.7 Å². The number of amides is 4. The fraction of sp³-hybridized carbons (Fsp3) is 0.212. The summed E-state index contributed by atoms with van der Waals surface area (Å²) in [5, 5.41) is 11.9. The Kier molecular flexibility index (Phi) is 12.6. The molecular formula is C66H58N4O9Si. The molecule has 5 aliphatic heterocycles. The first-order chi connectivity index (χ1) is 38.9. The van der Waals surface area contributed by atoms with Crippen molar-refractivity contribution in [3.05, 3.63) is 221 Å². The van der Waals surface area contributed by atoms with Crippen molar-refractivity contribution in [2.75, 3.05) is 28.4 Å². The second-order valence-corrected chi connectivity index (χ2v) is 26.6. The minimum absolute atomic E-state index is 0.0450. The Morgan fingerprint density at radius 3 is 1.85 bits per heavy atom. The number of hydrogen-bond donors (Lipinski definition) is 1. The fourth-order valence-corrected chi connectivity index (χ4v) is 17.2.